The molecule has 6 heteroatoms. The average molecular weight is 391 g/mol. The summed E-state index contributed by atoms with van der Waals surface area (Å²) in [6.45, 7) is 3.56. The minimum atomic E-state index is -0.507. The highest BCUT2D eigenvalue weighted by molar-refractivity contribution is 5.92. The summed E-state index contributed by atoms with van der Waals surface area (Å²) in [6, 6.07) is 15.5. The number of ether oxygens (including phenoxy) is 2. The van der Waals surface area contributed by atoms with Crippen molar-refractivity contribution in [2.24, 2.45) is 11.7 Å². The summed E-state index contributed by atoms with van der Waals surface area (Å²) < 4.78 is 11.4. The summed E-state index contributed by atoms with van der Waals surface area (Å²) in [5.41, 5.74) is 6.85. The van der Waals surface area contributed by atoms with E-state index in [1.807, 2.05) is 24.3 Å². The van der Waals surface area contributed by atoms with Gasteiger partial charge in [-0.3, -0.25) is 4.79 Å². The number of hydrogen-bond acceptors (Lipinski definition) is 5. The summed E-state index contributed by atoms with van der Waals surface area (Å²) in [6.07, 6.45) is 3.68. The number of fused-ring (bicyclic) bond motifs is 1. The summed E-state index contributed by atoms with van der Waals surface area (Å²) in [5, 5.41) is 5.77. The van der Waals surface area contributed by atoms with Gasteiger partial charge in [0.2, 0.25) is 11.8 Å². The van der Waals surface area contributed by atoms with E-state index in [4.69, 9.17) is 15.2 Å². The molecule has 3 N–H and O–H groups in total. The molecule has 2 aromatic carbocycles. The Kier molecular flexibility index (Phi) is 6.03. The van der Waals surface area contributed by atoms with Crippen LogP contribution in [0.25, 0.3) is 10.8 Å². The number of primary amides is 1. The van der Waals surface area contributed by atoms with Gasteiger partial charge < -0.3 is 20.5 Å². The highest BCUT2D eigenvalue weighted by Crippen LogP contribution is 2.31. The molecule has 4 rings (SSSR count). The van der Waals surface area contributed by atoms with E-state index >= 15 is 0 Å². The van der Waals surface area contributed by atoms with Crippen molar-refractivity contribution in [3.63, 3.8) is 0 Å². The van der Waals surface area contributed by atoms with Gasteiger partial charge in [-0.1, -0.05) is 30.3 Å². The van der Waals surface area contributed by atoms with Gasteiger partial charge in [-0.05, 0) is 48.4 Å². The predicted octanol–water partition coefficient (Wildman–Crippen LogP) is 3.64. The minimum absolute atomic E-state index is 0.355. The first-order valence-electron chi connectivity index (χ1n) is 9.93. The molecule has 0 aliphatic carbocycles. The van der Waals surface area contributed by atoms with Crippen LogP contribution in [0.5, 0.6) is 11.6 Å². The molecule has 1 amide bonds. The van der Waals surface area contributed by atoms with Gasteiger partial charge >= 0.3 is 0 Å². The second-order valence-corrected chi connectivity index (χ2v) is 7.31. The lowest BCUT2D eigenvalue weighted by molar-refractivity contribution is 0.0662. The molecule has 150 valence electrons. The smallest absolute Gasteiger partial charge is 0.250 e. The Morgan fingerprint density at radius 1 is 1.10 bits per heavy atom. The van der Waals surface area contributed by atoms with Crippen molar-refractivity contribution in [3.8, 4) is 11.6 Å². The van der Waals surface area contributed by atoms with E-state index in [0.29, 0.717) is 17.4 Å². The maximum Gasteiger partial charge on any atom is 0.250 e. The van der Waals surface area contributed by atoms with Gasteiger partial charge in [0.25, 0.3) is 0 Å². The van der Waals surface area contributed by atoms with Crippen LogP contribution in [0.4, 0.5) is 0 Å². The fourth-order valence-electron chi connectivity index (χ4n) is 3.64. The average Bonchev–Trinajstić information content (AvgIpc) is 2.76. The normalized spacial score (nSPS) is 14.8. The number of hydrogen-bond donors (Lipinski definition) is 2. The van der Waals surface area contributed by atoms with Crippen molar-refractivity contribution in [1.29, 1.82) is 0 Å². The predicted molar refractivity (Wildman–Crippen MR) is 112 cm³/mol. The van der Waals surface area contributed by atoms with Crippen molar-refractivity contribution in [1.82, 2.24) is 10.3 Å². The molecule has 1 fully saturated rings. The largest absolute Gasteiger partial charge is 0.438 e. The zero-order valence-corrected chi connectivity index (χ0v) is 16.3. The molecule has 1 aliphatic heterocycles. The third-order valence-electron chi connectivity index (χ3n) is 5.30. The highest BCUT2D eigenvalue weighted by Gasteiger charge is 2.14. The Morgan fingerprint density at radius 2 is 1.90 bits per heavy atom. The third kappa shape index (κ3) is 4.72. The number of carbonyl (C=O) groups excluding carboxylic acids is 1. The minimum Gasteiger partial charge on any atom is -0.438 e. The number of amides is 1. The first-order valence-corrected chi connectivity index (χ1v) is 9.93. The Bertz CT molecular complexity index is 982. The van der Waals surface area contributed by atoms with Crippen LogP contribution < -0.4 is 15.8 Å². The lowest BCUT2D eigenvalue weighted by Gasteiger charge is -2.22. The lowest BCUT2D eigenvalue weighted by atomic mass is 10.00. The SMILES string of the molecule is NC(=O)c1ccc(Oc2ccc(CNCC3CCOCC3)c3ccccc23)nc1. The van der Waals surface area contributed by atoms with E-state index in [9.17, 15) is 4.79 Å². The quantitative estimate of drug-likeness (QED) is 0.642. The van der Waals surface area contributed by atoms with Gasteiger partial charge in [0.1, 0.15) is 5.75 Å². The van der Waals surface area contributed by atoms with E-state index in [-0.39, 0.29) is 0 Å². The Balaban J connectivity index is 1.49. The summed E-state index contributed by atoms with van der Waals surface area (Å²) in [5.74, 6) is 1.33. The molecule has 3 aromatic rings. The molecule has 1 aliphatic rings. The van der Waals surface area contributed by atoms with Gasteiger partial charge in [-0.2, -0.15) is 0 Å². The summed E-state index contributed by atoms with van der Waals surface area (Å²) in [7, 11) is 0. The second kappa shape index (κ2) is 9.03. The van der Waals surface area contributed by atoms with Crippen LogP contribution in [0.15, 0.2) is 54.7 Å². The molecule has 0 radical (unpaired) electrons. The zero-order valence-electron chi connectivity index (χ0n) is 16.3. The number of nitrogens with one attached hydrogen (secondary N) is 1. The number of nitrogens with zero attached hydrogens (tertiary/aromatic N) is 1. The summed E-state index contributed by atoms with van der Waals surface area (Å²) in [4.78, 5) is 15.4. The molecule has 29 heavy (non-hydrogen) atoms. The van der Waals surface area contributed by atoms with Crippen molar-refractivity contribution in [2.75, 3.05) is 19.8 Å². The van der Waals surface area contributed by atoms with E-state index in [1.165, 1.54) is 11.8 Å². The monoisotopic (exact) mass is 391 g/mol. The van der Waals surface area contributed by atoms with Crippen molar-refractivity contribution >= 4 is 16.7 Å². The Labute approximate surface area is 170 Å². The molecule has 1 aromatic heterocycles. The van der Waals surface area contributed by atoms with Gasteiger partial charge in [0.15, 0.2) is 0 Å². The van der Waals surface area contributed by atoms with E-state index in [2.05, 4.69) is 22.4 Å². The molecule has 0 unspecified atom stereocenters. The number of rotatable bonds is 7. The van der Waals surface area contributed by atoms with E-state index in [1.54, 1.807) is 12.1 Å². The van der Waals surface area contributed by atoms with Crippen LogP contribution in [-0.2, 0) is 11.3 Å². The Hall–Kier alpha value is -2.96. The zero-order chi connectivity index (χ0) is 20.1. The molecular formula is C23H25N3O3. The molecular weight excluding hydrogens is 366 g/mol. The van der Waals surface area contributed by atoms with E-state index in [0.717, 1.165) is 55.7 Å². The maximum atomic E-state index is 11.2. The molecule has 2 heterocycles. The maximum absolute atomic E-state index is 11.2. The van der Waals surface area contributed by atoms with Crippen molar-refractivity contribution in [2.45, 2.75) is 19.4 Å². The number of carbonyl (C=O) groups is 1. The third-order valence-corrected chi connectivity index (χ3v) is 5.30. The molecule has 0 atom stereocenters. The molecule has 0 bridgehead atoms. The highest BCUT2D eigenvalue weighted by atomic mass is 16.5. The first-order chi connectivity index (χ1) is 14.2. The second-order valence-electron chi connectivity index (χ2n) is 7.31. The topological polar surface area (TPSA) is 86.5 Å². The van der Waals surface area contributed by atoms with Crippen molar-refractivity contribution < 1.29 is 14.3 Å². The van der Waals surface area contributed by atoms with Crippen LogP contribution in [0.2, 0.25) is 0 Å². The van der Waals surface area contributed by atoms with Crippen LogP contribution in [-0.4, -0.2) is 30.6 Å². The summed E-state index contributed by atoms with van der Waals surface area (Å²) >= 11 is 0. The Morgan fingerprint density at radius 3 is 2.62 bits per heavy atom. The fourth-order valence-corrected chi connectivity index (χ4v) is 3.64. The first kappa shape index (κ1) is 19.4. The van der Waals surface area contributed by atoms with Crippen LogP contribution in [0.3, 0.4) is 0 Å². The molecule has 0 saturated carbocycles. The lowest BCUT2D eigenvalue weighted by Crippen LogP contribution is -2.27. The van der Waals surface area contributed by atoms with Gasteiger partial charge in [-0.15, -0.1) is 0 Å². The van der Waals surface area contributed by atoms with Gasteiger partial charge in [0, 0.05) is 37.4 Å². The van der Waals surface area contributed by atoms with Crippen LogP contribution in [0, 0.1) is 5.92 Å². The molecule has 6 nitrogen and oxygen atoms in total. The van der Waals surface area contributed by atoms with Crippen LogP contribution in [0.1, 0.15) is 28.8 Å². The number of benzene rings is 2. The van der Waals surface area contributed by atoms with Crippen molar-refractivity contribution in [3.05, 3.63) is 65.9 Å². The molecule has 1 saturated heterocycles. The van der Waals surface area contributed by atoms with Gasteiger partial charge in [0.05, 0.1) is 5.56 Å². The molecule has 0 spiro atoms. The number of nitrogens with two attached hydrogens (primary N) is 1. The van der Waals surface area contributed by atoms with Gasteiger partial charge in [-0.25, -0.2) is 4.98 Å². The fraction of sp³-hybridized carbons (Fsp3) is 0.304. The number of pyridine rings is 1. The standard InChI is InChI=1S/C23H25N3O3/c24-23(27)18-6-8-22(26-15-18)29-21-7-5-17(19-3-1-2-4-20(19)21)14-25-13-16-9-11-28-12-10-16/h1-8,15-16,25H,9-14H2,(H2,24,27). The van der Waals surface area contributed by atoms with Crippen LogP contribution >= 0.6 is 0 Å². The van der Waals surface area contributed by atoms with E-state index < -0.39 is 5.91 Å². The number of aromatic nitrogens is 1.